The summed E-state index contributed by atoms with van der Waals surface area (Å²) in [5.41, 5.74) is 8.06. The molecule has 0 aromatic heterocycles. The third kappa shape index (κ3) is 4.32. The fraction of sp³-hybridized carbons (Fsp3) is 0.895. The molecule has 122 valence electrons. The van der Waals surface area contributed by atoms with Crippen LogP contribution >= 0.6 is 0 Å². The van der Waals surface area contributed by atoms with Crippen LogP contribution in [-0.4, -0.2) is 30.6 Å². The Morgan fingerprint density at radius 1 is 1.29 bits per heavy atom. The third-order valence-electron chi connectivity index (χ3n) is 5.74. The first kappa shape index (κ1) is 17.0. The molecule has 1 heterocycles. The van der Waals surface area contributed by atoms with Gasteiger partial charge in [0.1, 0.15) is 0 Å². The summed E-state index contributed by atoms with van der Waals surface area (Å²) in [6, 6.07) is 0.734. The number of rotatable bonds is 4. The van der Waals surface area contributed by atoms with Gasteiger partial charge in [0, 0.05) is 19.1 Å². The molecule has 0 radical (unpaired) electrons. The second-order valence-corrected chi connectivity index (χ2v) is 8.26. The van der Waals surface area contributed by atoms with Gasteiger partial charge in [0.05, 0.1) is 0 Å². The first-order valence-corrected chi connectivity index (χ1v) is 9.09. The van der Waals surface area contributed by atoms with Gasteiger partial charge >= 0.3 is 0 Å². The van der Waals surface area contributed by atoms with Crippen LogP contribution in [0.3, 0.4) is 0 Å². The molecule has 0 saturated heterocycles. The Bertz CT molecular complexity index is 353. The molecule has 2 aliphatic rings. The van der Waals surface area contributed by atoms with Crippen molar-refractivity contribution in [2.45, 2.75) is 72.3 Å². The topological polar surface area (TPSA) is 29.3 Å². The second kappa shape index (κ2) is 7.28. The van der Waals surface area contributed by atoms with Crippen LogP contribution in [0.25, 0.3) is 0 Å². The largest absolute Gasteiger partial charge is 0.330 e. The van der Waals surface area contributed by atoms with Crippen LogP contribution in [0.2, 0.25) is 0 Å². The van der Waals surface area contributed by atoms with Crippen molar-refractivity contribution in [2.75, 3.05) is 19.6 Å². The van der Waals surface area contributed by atoms with Crippen LogP contribution in [0.15, 0.2) is 11.6 Å². The Morgan fingerprint density at radius 3 is 2.57 bits per heavy atom. The van der Waals surface area contributed by atoms with Crippen LogP contribution in [0.1, 0.15) is 66.2 Å². The number of hydrogen-bond donors (Lipinski definition) is 1. The Morgan fingerprint density at radius 2 is 2.05 bits per heavy atom. The smallest absolute Gasteiger partial charge is 0.0169 e. The summed E-state index contributed by atoms with van der Waals surface area (Å²) < 4.78 is 0. The van der Waals surface area contributed by atoms with Gasteiger partial charge in [0.25, 0.3) is 0 Å². The Hall–Kier alpha value is -0.340. The average molecular weight is 293 g/mol. The monoisotopic (exact) mass is 292 g/mol. The lowest BCUT2D eigenvalue weighted by Gasteiger charge is -2.44. The van der Waals surface area contributed by atoms with E-state index in [0.29, 0.717) is 5.41 Å². The van der Waals surface area contributed by atoms with E-state index in [-0.39, 0.29) is 0 Å². The molecule has 2 N–H and O–H groups in total. The molecule has 3 atom stereocenters. The van der Waals surface area contributed by atoms with E-state index in [1.54, 1.807) is 5.57 Å². The first-order chi connectivity index (χ1) is 9.95. The van der Waals surface area contributed by atoms with Crippen molar-refractivity contribution in [3.05, 3.63) is 11.6 Å². The highest BCUT2D eigenvalue weighted by Gasteiger charge is 2.34. The van der Waals surface area contributed by atoms with Crippen LogP contribution in [0, 0.1) is 17.3 Å². The van der Waals surface area contributed by atoms with E-state index in [2.05, 4.69) is 38.7 Å². The molecule has 0 aromatic carbocycles. The van der Waals surface area contributed by atoms with E-state index in [1.807, 2.05) is 0 Å². The maximum Gasteiger partial charge on any atom is 0.0169 e. The summed E-state index contributed by atoms with van der Waals surface area (Å²) in [5, 5.41) is 0. The standard InChI is InChI=1S/C19H36N2/c1-5-6-15-7-8-16(14-20)18(13-15)21-11-9-17(10-12-21)19(2,3)4/h9,15-16,18H,5-8,10-14,20H2,1-4H3. The molecule has 2 nitrogen and oxygen atoms in total. The third-order valence-corrected chi connectivity index (χ3v) is 5.74. The lowest BCUT2D eigenvalue weighted by molar-refractivity contribution is 0.0834. The zero-order valence-corrected chi connectivity index (χ0v) is 14.7. The molecular weight excluding hydrogens is 256 g/mol. The zero-order chi connectivity index (χ0) is 15.5. The zero-order valence-electron chi connectivity index (χ0n) is 14.7. The van der Waals surface area contributed by atoms with Gasteiger partial charge in [-0.1, -0.05) is 58.6 Å². The molecule has 21 heavy (non-hydrogen) atoms. The highest BCUT2D eigenvalue weighted by molar-refractivity contribution is 5.15. The van der Waals surface area contributed by atoms with Crippen molar-refractivity contribution in [1.29, 1.82) is 0 Å². The van der Waals surface area contributed by atoms with Crippen LogP contribution in [0.5, 0.6) is 0 Å². The van der Waals surface area contributed by atoms with Gasteiger partial charge in [-0.25, -0.2) is 0 Å². The lowest BCUT2D eigenvalue weighted by atomic mass is 9.75. The van der Waals surface area contributed by atoms with Gasteiger partial charge in [-0.2, -0.15) is 0 Å². The van der Waals surface area contributed by atoms with Gasteiger partial charge in [-0.3, -0.25) is 4.90 Å². The minimum atomic E-state index is 0.344. The normalized spacial score (nSPS) is 32.0. The maximum atomic E-state index is 6.07. The molecule has 1 aliphatic heterocycles. The predicted molar refractivity (Wildman–Crippen MR) is 92.3 cm³/mol. The molecule has 3 unspecified atom stereocenters. The average Bonchev–Trinajstić information content (AvgIpc) is 2.47. The summed E-state index contributed by atoms with van der Waals surface area (Å²) in [4.78, 5) is 2.73. The Labute approximate surface area is 132 Å². The Balaban J connectivity index is 2.00. The molecule has 0 aromatic rings. The van der Waals surface area contributed by atoms with Crippen LogP contribution in [0.4, 0.5) is 0 Å². The van der Waals surface area contributed by atoms with E-state index < -0.39 is 0 Å². The highest BCUT2D eigenvalue weighted by Crippen LogP contribution is 2.37. The van der Waals surface area contributed by atoms with Gasteiger partial charge in [0.2, 0.25) is 0 Å². The van der Waals surface area contributed by atoms with Gasteiger partial charge in [0.15, 0.2) is 0 Å². The van der Waals surface area contributed by atoms with Crippen molar-refractivity contribution in [1.82, 2.24) is 4.90 Å². The lowest BCUT2D eigenvalue weighted by Crippen LogP contribution is -2.48. The number of nitrogens with zero attached hydrogens (tertiary/aromatic N) is 1. The van der Waals surface area contributed by atoms with Crippen LogP contribution < -0.4 is 5.73 Å². The summed E-state index contributed by atoms with van der Waals surface area (Å²) in [6.45, 7) is 12.6. The molecule has 0 spiro atoms. The van der Waals surface area contributed by atoms with E-state index in [1.165, 1.54) is 45.1 Å². The molecule has 1 fully saturated rings. The molecule has 2 rings (SSSR count). The highest BCUT2D eigenvalue weighted by atomic mass is 15.2. The van der Waals surface area contributed by atoms with Gasteiger partial charge < -0.3 is 5.73 Å². The first-order valence-electron chi connectivity index (χ1n) is 9.09. The van der Waals surface area contributed by atoms with Gasteiger partial charge in [-0.05, 0) is 43.1 Å². The van der Waals surface area contributed by atoms with E-state index in [4.69, 9.17) is 5.73 Å². The van der Waals surface area contributed by atoms with Gasteiger partial charge in [-0.15, -0.1) is 0 Å². The predicted octanol–water partition coefficient (Wildman–Crippen LogP) is 4.21. The summed E-state index contributed by atoms with van der Waals surface area (Å²) in [7, 11) is 0. The van der Waals surface area contributed by atoms with Crippen molar-refractivity contribution >= 4 is 0 Å². The van der Waals surface area contributed by atoms with Crippen molar-refractivity contribution in [2.24, 2.45) is 23.0 Å². The number of nitrogens with two attached hydrogens (primary N) is 1. The van der Waals surface area contributed by atoms with Crippen molar-refractivity contribution < 1.29 is 0 Å². The molecule has 2 heteroatoms. The number of hydrogen-bond acceptors (Lipinski definition) is 2. The Kier molecular flexibility index (Phi) is 5.90. The minimum absolute atomic E-state index is 0.344. The molecule has 1 aliphatic carbocycles. The molecule has 0 amide bonds. The van der Waals surface area contributed by atoms with E-state index >= 15 is 0 Å². The molecule has 1 saturated carbocycles. The maximum absolute atomic E-state index is 6.07. The van der Waals surface area contributed by atoms with Crippen molar-refractivity contribution in [3.8, 4) is 0 Å². The summed E-state index contributed by atoms with van der Waals surface area (Å²) >= 11 is 0. The fourth-order valence-electron chi connectivity index (χ4n) is 4.35. The van der Waals surface area contributed by atoms with Crippen LogP contribution in [-0.2, 0) is 0 Å². The summed E-state index contributed by atoms with van der Waals surface area (Å²) in [5.74, 6) is 1.67. The second-order valence-electron chi connectivity index (χ2n) is 8.26. The molecular formula is C19H36N2. The quantitative estimate of drug-likeness (QED) is 0.787. The minimum Gasteiger partial charge on any atom is -0.330 e. The SMILES string of the molecule is CCCC1CCC(CN)C(N2CC=C(C(C)(C)C)CC2)C1. The molecule has 0 bridgehead atoms. The van der Waals surface area contributed by atoms with E-state index in [9.17, 15) is 0 Å². The summed E-state index contributed by atoms with van der Waals surface area (Å²) in [6.07, 6.45) is 10.6. The van der Waals surface area contributed by atoms with E-state index in [0.717, 1.165) is 31.0 Å². The van der Waals surface area contributed by atoms with Crippen molar-refractivity contribution in [3.63, 3.8) is 0 Å². The fourth-order valence-corrected chi connectivity index (χ4v) is 4.35.